The molecule has 3 rings (SSSR count). The SMILES string of the molecule is O=C(Cc1cc(=O)[nH]c(SCC(=O)N2CCCC2)n1)NCc1cccs1. The fraction of sp³-hybridized carbons (Fsp3) is 0.412. The molecule has 9 heteroatoms. The van der Waals surface area contributed by atoms with E-state index >= 15 is 0 Å². The fourth-order valence-corrected chi connectivity index (χ4v) is 4.10. The Morgan fingerprint density at radius 1 is 1.35 bits per heavy atom. The highest BCUT2D eigenvalue weighted by Gasteiger charge is 2.18. The van der Waals surface area contributed by atoms with Crippen molar-refractivity contribution in [1.82, 2.24) is 20.2 Å². The summed E-state index contributed by atoms with van der Waals surface area (Å²) in [7, 11) is 0. The van der Waals surface area contributed by atoms with Gasteiger partial charge in [-0.3, -0.25) is 14.4 Å². The maximum Gasteiger partial charge on any atom is 0.251 e. The topological polar surface area (TPSA) is 95.2 Å². The highest BCUT2D eigenvalue weighted by atomic mass is 32.2. The number of thioether (sulfide) groups is 1. The first kappa shape index (κ1) is 18.7. The van der Waals surface area contributed by atoms with Crippen molar-refractivity contribution in [2.24, 2.45) is 0 Å². The molecule has 1 fully saturated rings. The van der Waals surface area contributed by atoms with Crippen LogP contribution in [0.25, 0.3) is 0 Å². The number of amides is 2. The average Bonchev–Trinajstić information content (AvgIpc) is 3.31. The van der Waals surface area contributed by atoms with Crippen LogP contribution in [0.1, 0.15) is 23.4 Å². The number of nitrogens with zero attached hydrogens (tertiary/aromatic N) is 2. The smallest absolute Gasteiger partial charge is 0.251 e. The van der Waals surface area contributed by atoms with E-state index < -0.39 is 0 Å². The van der Waals surface area contributed by atoms with E-state index in [9.17, 15) is 14.4 Å². The minimum absolute atomic E-state index is 0.0307. The molecular weight excluding hydrogens is 372 g/mol. The minimum Gasteiger partial charge on any atom is -0.351 e. The molecule has 0 radical (unpaired) electrons. The van der Waals surface area contributed by atoms with Crippen LogP contribution in [0.3, 0.4) is 0 Å². The molecule has 2 aromatic heterocycles. The number of rotatable bonds is 7. The summed E-state index contributed by atoms with van der Waals surface area (Å²) in [6, 6.07) is 5.19. The molecule has 1 aliphatic heterocycles. The van der Waals surface area contributed by atoms with Gasteiger partial charge in [0.1, 0.15) is 0 Å². The lowest BCUT2D eigenvalue weighted by molar-refractivity contribution is -0.127. The van der Waals surface area contributed by atoms with Gasteiger partial charge in [-0.15, -0.1) is 11.3 Å². The Labute approximate surface area is 159 Å². The largest absolute Gasteiger partial charge is 0.351 e. The zero-order valence-electron chi connectivity index (χ0n) is 14.2. The first-order valence-electron chi connectivity index (χ1n) is 8.40. The summed E-state index contributed by atoms with van der Waals surface area (Å²) in [6.45, 7) is 2.06. The van der Waals surface area contributed by atoms with Crippen molar-refractivity contribution in [3.8, 4) is 0 Å². The molecule has 0 saturated carbocycles. The van der Waals surface area contributed by atoms with Crippen LogP contribution in [0, 0.1) is 0 Å². The Bertz CT molecular complexity index is 814. The Kier molecular flexibility index (Phi) is 6.45. The molecule has 0 atom stereocenters. The number of likely N-dealkylation sites (tertiary alicyclic amines) is 1. The normalized spacial score (nSPS) is 13.8. The van der Waals surface area contributed by atoms with Gasteiger partial charge in [-0.2, -0.15) is 0 Å². The highest BCUT2D eigenvalue weighted by molar-refractivity contribution is 7.99. The van der Waals surface area contributed by atoms with Crippen LogP contribution in [0.4, 0.5) is 0 Å². The van der Waals surface area contributed by atoms with Crippen LogP contribution in [-0.2, 0) is 22.6 Å². The zero-order chi connectivity index (χ0) is 18.4. The summed E-state index contributed by atoms with van der Waals surface area (Å²) >= 11 is 2.77. The summed E-state index contributed by atoms with van der Waals surface area (Å²) in [5.41, 5.74) is 0.0747. The number of carbonyl (C=O) groups excluding carboxylic acids is 2. The molecule has 0 aromatic carbocycles. The molecule has 7 nitrogen and oxygen atoms in total. The summed E-state index contributed by atoms with van der Waals surface area (Å²) in [4.78, 5) is 45.7. The van der Waals surface area contributed by atoms with Gasteiger partial charge in [-0.05, 0) is 24.3 Å². The lowest BCUT2D eigenvalue weighted by Gasteiger charge is -2.14. The molecule has 1 saturated heterocycles. The van der Waals surface area contributed by atoms with E-state index in [0.717, 1.165) is 30.8 Å². The van der Waals surface area contributed by atoms with Crippen LogP contribution in [0.5, 0.6) is 0 Å². The van der Waals surface area contributed by atoms with Crippen LogP contribution in [0.2, 0.25) is 0 Å². The van der Waals surface area contributed by atoms with Crippen molar-refractivity contribution < 1.29 is 9.59 Å². The Morgan fingerprint density at radius 2 is 2.15 bits per heavy atom. The number of hydrogen-bond donors (Lipinski definition) is 2. The molecule has 2 N–H and O–H groups in total. The van der Waals surface area contributed by atoms with Gasteiger partial charge in [-0.25, -0.2) is 4.98 Å². The Hall–Kier alpha value is -2.13. The molecule has 2 amide bonds. The molecule has 1 aliphatic rings. The average molecular weight is 393 g/mol. The van der Waals surface area contributed by atoms with Crippen molar-refractivity contribution in [2.45, 2.75) is 31.0 Å². The van der Waals surface area contributed by atoms with E-state index in [2.05, 4.69) is 15.3 Å². The molecule has 0 unspecified atom stereocenters. The van der Waals surface area contributed by atoms with E-state index in [4.69, 9.17) is 0 Å². The molecule has 3 heterocycles. The summed E-state index contributed by atoms with van der Waals surface area (Å²) < 4.78 is 0. The third-order valence-corrected chi connectivity index (χ3v) is 5.68. The number of H-pyrrole nitrogens is 1. The number of hydrogen-bond acceptors (Lipinski definition) is 6. The molecule has 0 aliphatic carbocycles. The highest BCUT2D eigenvalue weighted by Crippen LogP contribution is 2.15. The molecule has 26 heavy (non-hydrogen) atoms. The monoisotopic (exact) mass is 392 g/mol. The van der Waals surface area contributed by atoms with Gasteiger partial charge in [-0.1, -0.05) is 17.8 Å². The van der Waals surface area contributed by atoms with Gasteiger partial charge in [0.05, 0.1) is 24.4 Å². The quantitative estimate of drug-likeness (QED) is 0.549. The van der Waals surface area contributed by atoms with Crippen LogP contribution < -0.4 is 10.9 Å². The first-order chi connectivity index (χ1) is 12.6. The van der Waals surface area contributed by atoms with Gasteiger partial charge >= 0.3 is 0 Å². The second-order valence-corrected chi connectivity index (χ2v) is 7.95. The molecule has 0 bridgehead atoms. The number of aromatic amines is 1. The third-order valence-electron chi connectivity index (χ3n) is 3.95. The third kappa shape index (κ3) is 5.43. The predicted molar refractivity (Wildman–Crippen MR) is 101 cm³/mol. The number of thiophene rings is 1. The molecular formula is C17H20N4O3S2. The van der Waals surface area contributed by atoms with Crippen LogP contribution in [-0.4, -0.2) is 45.5 Å². The Balaban J connectivity index is 1.53. The van der Waals surface area contributed by atoms with Gasteiger partial charge in [0, 0.05) is 24.0 Å². The maximum atomic E-state index is 12.1. The first-order valence-corrected chi connectivity index (χ1v) is 10.3. The van der Waals surface area contributed by atoms with Crippen molar-refractivity contribution in [1.29, 1.82) is 0 Å². The minimum atomic E-state index is -0.322. The zero-order valence-corrected chi connectivity index (χ0v) is 15.8. The van der Waals surface area contributed by atoms with Crippen molar-refractivity contribution in [3.05, 3.63) is 44.5 Å². The maximum absolute atomic E-state index is 12.1. The lowest BCUT2D eigenvalue weighted by atomic mass is 10.3. The van der Waals surface area contributed by atoms with E-state index in [1.807, 2.05) is 22.4 Å². The van der Waals surface area contributed by atoms with Gasteiger partial charge in [0.2, 0.25) is 11.8 Å². The number of carbonyl (C=O) groups is 2. The number of nitrogens with one attached hydrogen (secondary N) is 2. The van der Waals surface area contributed by atoms with E-state index in [1.165, 1.54) is 17.8 Å². The summed E-state index contributed by atoms with van der Waals surface area (Å²) in [5, 5.41) is 5.13. The molecule has 0 spiro atoms. The van der Waals surface area contributed by atoms with Gasteiger partial charge < -0.3 is 15.2 Å². The van der Waals surface area contributed by atoms with Gasteiger partial charge in [0.25, 0.3) is 5.56 Å². The Morgan fingerprint density at radius 3 is 2.88 bits per heavy atom. The van der Waals surface area contributed by atoms with Crippen molar-refractivity contribution in [3.63, 3.8) is 0 Å². The van der Waals surface area contributed by atoms with Gasteiger partial charge in [0.15, 0.2) is 5.16 Å². The summed E-state index contributed by atoms with van der Waals surface area (Å²) in [6.07, 6.45) is 2.12. The predicted octanol–water partition coefficient (Wildman–Crippen LogP) is 1.40. The van der Waals surface area contributed by atoms with Crippen LogP contribution in [0.15, 0.2) is 33.5 Å². The van der Waals surface area contributed by atoms with E-state index in [0.29, 0.717) is 17.4 Å². The number of aromatic nitrogens is 2. The van der Waals surface area contributed by atoms with Crippen molar-refractivity contribution in [2.75, 3.05) is 18.8 Å². The van der Waals surface area contributed by atoms with Crippen molar-refractivity contribution >= 4 is 34.9 Å². The summed E-state index contributed by atoms with van der Waals surface area (Å²) in [5.74, 6) is 0.0894. The molecule has 138 valence electrons. The second kappa shape index (κ2) is 9.00. The van der Waals surface area contributed by atoms with Crippen LogP contribution >= 0.6 is 23.1 Å². The lowest BCUT2D eigenvalue weighted by Crippen LogP contribution is -2.29. The molecule has 2 aromatic rings. The second-order valence-electron chi connectivity index (χ2n) is 5.95. The van der Waals surface area contributed by atoms with E-state index in [1.54, 1.807) is 11.3 Å². The fourth-order valence-electron chi connectivity index (χ4n) is 2.66. The van der Waals surface area contributed by atoms with E-state index in [-0.39, 0.29) is 29.5 Å². The standard InChI is InChI=1S/C17H20N4O3S2/c22-14(18-10-13-4-3-7-25-13)8-12-9-15(23)20-17(19-12)26-11-16(24)21-5-1-2-6-21/h3-4,7,9H,1-2,5-6,8,10-11H2,(H,18,22)(H,19,20,23).